The van der Waals surface area contributed by atoms with E-state index in [0.717, 1.165) is 19.6 Å². The van der Waals surface area contributed by atoms with Crippen LogP contribution in [-0.4, -0.2) is 24.1 Å². The number of H-pyrrole nitrogens is 1. The second kappa shape index (κ2) is 5.98. The second-order valence-electron chi connectivity index (χ2n) is 6.21. The van der Waals surface area contributed by atoms with Crippen LogP contribution in [0.1, 0.15) is 43.9 Å². The van der Waals surface area contributed by atoms with Crippen molar-refractivity contribution in [2.45, 2.75) is 45.2 Å². The van der Waals surface area contributed by atoms with E-state index >= 15 is 0 Å². The predicted octanol–water partition coefficient (Wildman–Crippen LogP) is 3.13. The Hall–Kier alpha value is -1.32. The molecule has 3 nitrogen and oxygen atoms in total. The van der Waals surface area contributed by atoms with E-state index in [9.17, 15) is 0 Å². The maximum absolute atomic E-state index is 3.68. The molecule has 0 radical (unpaired) electrons. The molecule has 0 unspecified atom stereocenters. The van der Waals surface area contributed by atoms with E-state index < -0.39 is 0 Å². The van der Waals surface area contributed by atoms with Crippen LogP contribution < -0.4 is 10.6 Å². The maximum Gasteiger partial charge on any atom is 0.0456 e. The van der Waals surface area contributed by atoms with Gasteiger partial charge in [-0.25, -0.2) is 0 Å². The van der Waals surface area contributed by atoms with Crippen molar-refractivity contribution in [3.8, 4) is 0 Å². The molecule has 20 heavy (non-hydrogen) atoms. The van der Waals surface area contributed by atoms with Gasteiger partial charge in [-0.1, -0.05) is 19.9 Å². The summed E-state index contributed by atoms with van der Waals surface area (Å²) >= 11 is 0. The van der Waals surface area contributed by atoms with Gasteiger partial charge in [-0.05, 0) is 61.0 Å². The van der Waals surface area contributed by atoms with Crippen molar-refractivity contribution in [2.24, 2.45) is 0 Å². The molecule has 3 N–H and O–H groups in total. The van der Waals surface area contributed by atoms with E-state index in [1.807, 2.05) is 0 Å². The van der Waals surface area contributed by atoms with Crippen molar-refractivity contribution < 1.29 is 0 Å². The number of hydrogen-bond acceptors (Lipinski definition) is 2. The van der Waals surface area contributed by atoms with Crippen LogP contribution in [0, 0.1) is 0 Å². The van der Waals surface area contributed by atoms with Crippen LogP contribution in [0.3, 0.4) is 0 Å². The van der Waals surface area contributed by atoms with E-state index in [4.69, 9.17) is 0 Å². The summed E-state index contributed by atoms with van der Waals surface area (Å²) in [4.78, 5) is 3.50. The Morgan fingerprint density at radius 3 is 2.75 bits per heavy atom. The molecule has 2 aromatic rings. The van der Waals surface area contributed by atoms with Crippen LogP contribution in [0.2, 0.25) is 0 Å². The fourth-order valence-electron chi connectivity index (χ4n) is 2.91. The van der Waals surface area contributed by atoms with Gasteiger partial charge in [-0.15, -0.1) is 0 Å². The van der Waals surface area contributed by atoms with Gasteiger partial charge in [-0.3, -0.25) is 0 Å². The number of aromatic amines is 1. The van der Waals surface area contributed by atoms with Crippen molar-refractivity contribution >= 4 is 10.9 Å². The SMILES string of the molecule is CC(C)c1cc2cc(CNC3CCNCC3)ccc2[nH]1. The third kappa shape index (κ3) is 3.05. The quantitative estimate of drug-likeness (QED) is 0.799. The molecule has 3 rings (SSSR count). The minimum absolute atomic E-state index is 0.554. The van der Waals surface area contributed by atoms with Gasteiger partial charge in [0.05, 0.1) is 0 Å². The summed E-state index contributed by atoms with van der Waals surface area (Å²) in [5.74, 6) is 0.554. The smallest absolute Gasteiger partial charge is 0.0456 e. The summed E-state index contributed by atoms with van der Waals surface area (Å²) in [7, 11) is 0. The number of nitrogens with one attached hydrogen (secondary N) is 3. The summed E-state index contributed by atoms with van der Waals surface area (Å²) in [5, 5.41) is 8.42. The van der Waals surface area contributed by atoms with E-state index in [-0.39, 0.29) is 0 Å². The molecule has 0 saturated carbocycles. The van der Waals surface area contributed by atoms with Crippen molar-refractivity contribution in [1.82, 2.24) is 15.6 Å². The molecule has 0 spiro atoms. The summed E-state index contributed by atoms with van der Waals surface area (Å²) in [5.41, 5.74) is 3.95. The first-order chi connectivity index (χ1) is 9.72. The zero-order valence-electron chi connectivity index (χ0n) is 12.5. The minimum Gasteiger partial charge on any atom is -0.358 e. The molecular formula is C17H25N3. The molecule has 0 bridgehead atoms. The lowest BCUT2D eigenvalue weighted by Crippen LogP contribution is -2.39. The lowest BCUT2D eigenvalue weighted by atomic mass is 10.1. The third-order valence-electron chi connectivity index (χ3n) is 4.26. The summed E-state index contributed by atoms with van der Waals surface area (Å²) in [6, 6.07) is 9.71. The molecule has 1 aliphatic heterocycles. The van der Waals surface area contributed by atoms with E-state index in [1.165, 1.54) is 35.0 Å². The highest BCUT2D eigenvalue weighted by molar-refractivity contribution is 5.81. The topological polar surface area (TPSA) is 39.8 Å². The van der Waals surface area contributed by atoms with Gasteiger partial charge in [0.15, 0.2) is 0 Å². The summed E-state index contributed by atoms with van der Waals surface area (Å²) in [6.07, 6.45) is 2.48. The van der Waals surface area contributed by atoms with Crippen molar-refractivity contribution in [2.75, 3.05) is 13.1 Å². The number of rotatable bonds is 4. The Morgan fingerprint density at radius 2 is 2.00 bits per heavy atom. The molecule has 108 valence electrons. The zero-order chi connectivity index (χ0) is 13.9. The molecule has 1 aromatic carbocycles. The fourth-order valence-corrected chi connectivity index (χ4v) is 2.91. The van der Waals surface area contributed by atoms with E-state index in [2.05, 4.69) is 53.7 Å². The fraction of sp³-hybridized carbons (Fsp3) is 0.529. The lowest BCUT2D eigenvalue weighted by Gasteiger charge is -2.23. The van der Waals surface area contributed by atoms with Gasteiger partial charge >= 0.3 is 0 Å². The number of piperidine rings is 1. The Labute approximate surface area is 121 Å². The average Bonchev–Trinajstić information content (AvgIpc) is 2.89. The number of aromatic nitrogens is 1. The van der Waals surface area contributed by atoms with Crippen LogP contribution in [-0.2, 0) is 6.54 Å². The van der Waals surface area contributed by atoms with Gasteiger partial charge in [-0.2, -0.15) is 0 Å². The molecule has 1 fully saturated rings. The number of benzene rings is 1. The monoisotopic (exact) mass is 271 g/mol. The van der Waals surface area contributed by atoms with Crippen LogP contribution >= 0.6 is 0 Å². The highest BCUT2D eigenvalue weighted by Crippen LogP contribution is 2.22. The van der Waals surface area contributed by atoms with Crippen LogP contribution in [0.5, 0.6) is 0 Å². The molecule has 0 atom stereocenters. The standard InChI is InChI=1S/C17H25N3/c1-12(2)17-10-14-9-13(3-4-16(14)20-17)11-19-15-5-7-18-8-6-15/h3-4,9-10,12,15,18-20H,5-8,11H2,1-2H3. The van der Waals surface area contributed by atoms with Crippen LogP contribution in [0.4, 0.5) is 0 Å². The highest BCUT2D eigenvalue weighted by atomic mass is 15.0. The predicted molar refractivity (Wildman–Crippen MR) is 85.1 cm³/mol. The van der Waals surface area contributed by atoms with Gasteiger partial charge in [0, 0.05) is 23.8 Å². The Bertz CT molecular complexity index is 565. The average molecular weight is 271 g/mol. The van der Waals surface area contributed by atoms with Gasteiger partial charge in [0.25, 0.3) is 0 Å². The summed E-state index contributed by atoms with van der Waals surface area (Å²) in [6.45, 7) is 7.72. The maximum atomic E-state index is 3.68. The van der Waals surface area contributed by atoms with Crippen LogP contribution in [0.15, 0.2) is 24.3 Å². The first-order valence-corrected chi connectivity index (χ1v) is 7.78. The van der Waals surface area contributed by atoms with Gasteiger partial charge in [0.1, 0.15) is 0 Å². The van der Waals surface area contributed by atoms with Gasteiger partial charge < -0.3 is 15.6 Å². The number of fused-ring (bicyclic) bond motifs is 1. The van der Waals surface area contributed by atoms with Crippen molar-refractivity contribution in [3.05, 3.63) is 35.5 Å². The third-order valence-corrected chi connectivity index (χ3v) is 4.26. The van der Waals surface area contributed by atoms with E-state index in [1.54, 1.807) is 0 Å². The van der Waals surface area contributed by atoms with Crippen molar-refractivity contribution in [1.29, 1.82) is 0 Å². The highest BCUT2D eigenvalue weighted by Gasteiger charge is 2.12. The minimum atomic E-state index is 0.554. The molecule has 1 saturated heterocycles. The second-order valence-corrected chi connectivity index (χ2v) is 6.21. The summed E-state index contributed by atoms with van der Waals surface area (Å²) < 4.78 is 0. The molecular weight excluding hydrogens is 246 g/mol. The molecule has 1 aromatic heterocycles. The molecule has 0 aliphatic carbocycles. The Kier molecular flexibility index (Phi) is 4.08. The van der Waals surface area contributed by atoms with Crippen LogP contribution in [0.25, 0.3) is 10.9 Å². The molecule has 3 heteroatoms. The lowest BCUT2D eigenvalue weighted by molar-refractivity contribution is 0.386. The van der Waals surface area contributed by atoms with E-state index in [0.29, 0.717) is 12.0 Å². The molecule has 2 heterocycles. The van der Waals surface area contributed by atoms with Gasteiger partial charge in [0.2, 0.25) is 0 Å². The Balaban J connectivity index is 1.68. The van der Waals surface area contributed by atoms with Crippen molar-refractivity contribution in [3.63, 3.8) is 0 Å². The molecule has 1 aliphatic rings. The first-order valence-electron chi connectivity index (χ1n) is 7.78. The number of hydrogen-bond donors (Lipinski definition) is 3. The first kappa shape index (κ1) is 13.7. The normalized spacial score (nSPS) is 17.1. The Morgan fingerprint density at radius 1 is 1.20 bits per heavy atom. The largest absolute Gasteiger partial charge is 0.358 e. The molecule has 0 amide bonds. The zero-order valence-corrected chi connectivity index (χ0v) is 12.5.